The molecule has 3 heterocycles. The molecule has 0 bridgehead atoms. The first-order chi connectivity index (χ1) is 13.3. The van der Waals surface area contributed by atoms with E-state index in [1.165, 1.54) is 0 Å². The highest BCUT2D eigenvalue weighted by Crippen LogP contribution is 2.30. The van der Waals surface area contributed by atoms with E-state index in [-0.39, 0.29) is 5.84 Å². The summed E-state index contributed by atoms with van der Waals surface area (Å²) in [4.78, 5) is 19.6. The second kappa shape index (κ2) is 6.00. The van der Waals surface area contributed by atoms with Crippen molar-refractivity contribution < 1.29 is 0 Å². The molecule has 0 saturated carbocycles. The van der Waals surface area contributed by atoms with Crippen LogP contribution in [0, 0.1) is 11.3 Å². The van der Waals surface area contributed by atoms with Gasteiger partial charge >= 0.3 is 0 Å². The van der Waals surface area contributed by atoms with Crippen molar-refractivity contribution in [2.24, 2.45) is 20.0 Å². The van der Waals surface area contributed by atoms with E-state index in [0.29, 0.717) is 11.9 Å². The van der Waals surface area contributed by atoms with Crippen LogP contribution in [0.3, 0.4) is 0 Å². The summed E-state index contributed by atoms with van der Waals surface area (Å²) in [6.07, 6.45) is 3.97. The lowest BCUT2D eigenvalue weighted by molar-refractivity contribution is 0.737. The molecule has 6 nitrogen and oxygen atoms in total. The fourth-order valence-electron chi connectivity index (χ4n) is 3.08. The number of allylic oxidation sites excluding steroid dienone is 2. The Bertz CT molecular complexity index is 1120. The summed E-state index contributed by atoms with van der Waals surface area (Å²) in [7, 11) is 0. The second-order valence-electron chi connectivity index (χ2n) is 6.03. The van der Waals surface area contributed by atoms with E-state index in [4.69, 9.17) is 0 Å². The molecular formula is C21H12N6. The molecule has 2 aromatic rings. The topological polar surface area (TPSA) is 76.5 Å². The Morgan fingerprint density at radius 3 is 2.07 bits per heavy atom. The fraction of sp³-hybridized carbons (Fsp3) is 0. The van der Waals surface area contributed by atoms with Gasteiger partial charge in [-0.1, -0.05) is 60.7 Å². The summed E-state index contributed by atoms with van der Waals surface area (Å²) in [6.45, 7) is 0. The van der Waals surface area contributed by atoms with Gasteiger partial charge in [-0.05, 0) is 12.2 Å². The maximum absolute atomic E-state index is 9.31. The molecule has 5 rings (SSSR count). The molecule has 2 aromatic carbocycles. The fourth-order valence-corrected chi connectivity index (χ4v) is 3.08. The molecule has 3 aliphatic heterocycles. The molecule has 126 valence electrons. The molecule has 0 unspecified atom stereocenters. The van der Waals surface area contributed by atoms with E-state index >= 15 is 0 Å². The zero-order valence-corrected chi connectivity index (χ0v) is 14.1. The van der Waals surface area contributed by atoms with Gasteiger partial charge in [-0.3, -0.25) is 0 Å². The maximum atomic E-state index is 9.31. The highest BCUT2D eigenvalue weighted by Gasteiger charge is 2.32. The van der Waals surface area contributed by atoms with Crippen molar-refractivity contribution >= 4 is 29.2 Å². The Hall–Kier alpha value is -4.11. The number of nitriles is 1. The number of aliphatic imine (C=N–C) groups is 4. The normalized spacial score (nSPS) is 17.4. The van der Waals surface area contributed by atoms with Crippen LogP contribution in [-0.4, -0.2) is 28.4 Å². The van der Waals surface area contributed by atoms with Gasteiger partial charge in [-0.25, -0.2) is 14.9 Å². The molecule has 0 fully saturated rings. The van der Waals surface area contributed by atoms with Crippen LogP contribution in [-0.2, 0) is 0 Å². The van der Waals surface area contributed by atoms with Crippen molar-refractivity contribution in [2.45, 2.75) is 0 Å². The van der Waals surface area contributed by atoms with Gasteiger partial charge in [0.15, 0.2) is 0 Å². The van der Waals surface area contributed by atoms with Crippen LogP contribution < -0.4 is 0 Å². The molecular weight excluding hydrogens is 336 g/mol. The van der Waals surface area contributed by atoms with Crippen molar-refractivity contribution in [3.05, 3.63) is 89.6 Å². The predicted octanol–water partition coefficient (Wildman–Crippen LogP) is 3.38. The number of rotatable bonds is 2. The number of nitrogens with zero attached hydrogens (tertiary/aromatic N) is 6. The minimum Gasteiger partial charge on any atom is -0.246 e. The Morgan fingerprint density at radius 1 is 0.704 bits per heavy atom. The smallest absolute Gasteiger partial charge is 0.240 e. The van der Waals surface area contributed by atoms with E-state index in [2.05, 4.69) is 20.0 Å². The van der Waals surface area contributed by atoms with E-state index < -0.39 is 0 Å². The Labute approximate surface area is 155 Å². The van der Waals surface area contributed by atoms with E-state index in [9.17, 15) is 5.26 Å². The molecule has 0 amide bonds. The van der Waals surface area contributed by atoms with E-state index in [1.807, 2.05) is 78.9 Å². The van der Waals surface area contributed by atoms with Crippen LogP contribution in [0.2, 0.25) is 0 Å². The van der Waals surface area contributed by atoms with E-state index in [1.54, 1.807) is 4.90 Å². The van der Waals surface area contributed by atoms with Gasteiger partial charge in [0.2, 0.25) is 17.8 Å². The number of benzene rings is 2. The lowest BCUT2D eigenvalue weighted by atomic mass is 10.0. The molecule has 0 spiro atoms. The van der Waals surface area contributed by atoms with Gasteiger partial charge in [-0.2, -0.15) is 15.2 Å². The van der Waals surface area contributed by atoms with Crippen LogP contribution in [0.1, 0.15) is 11.1 Å². The average Bonchev–Trinajstić information content (AvgIpc) is 2.74. The quantitative estimate of drug-likeness (QED) is 0.834. The first kappa shape index (κ1) is 15.2. The molecule has 6 heteroatoms. The largest absolute Gasteiger partial charge is 0.246 e. The minimum absolute atomic E-state index is 0.0479. The third kappa shape index (κ3) is 2.58. The third-order valence-electron chi connectivity index (χ3n) is 4.32. The molecule has 0 atom stereocenters. The van der Waals surface area contributed by atoms with Gasteiger partial charge in [0.25, 0.3) is 0 Å². The molecule has 0 radical (unpaired) electrons. The first-order valence-corrected chi connectivity index (χ1v) is 8.41. The predicted molar refractivity (Wildman–Crippen MR) is 105 cm³/mol. The van der Waals surface area contributed by atoms with Crippen LogP contribution >= 0.6 is 0 Å². The van der Waals surface area contributed by atoms with Crippen LogP contribution in [0.15, 0.2) is 98.5 Å². The number of hydrogen-bond donors (Lipinski definition) is 0. The third-order valence-corrected chi connectivity index (χ3v) is 4.32. The Morgan fingerprint density at radius 2 is 1.37 bits per heavy atom. The lowest BCUT2D eigenvalue weighted by Gasteiger charge is -2.32. The van der Waals surface area contributed by atoms with E-state index in [0.717, 1.165) is 28.2 Å². The van der Waals surface area contributed by atoms with Crippen LogP contribution in [0.25, 0.3) is 5.70 Å². The molecule has 27 heavy (non-hydrogen) atoms. The zero-order chi connectivity index (χ0) is 18.2. The molecule has 0 aromatic heterocycles. The van der Waals surface area contributed by atoms with Gasteiger partial charge in [0.1, 0.15) is 6.07 Å². The minimum atomic E-state index is 0.0479. The number of amidine groups is 1. The molecule has 0 aliphatic carbocycles. The molecule has 0 N–H and O–H groups in total. The summed E-state index contributed by atoms with van der Waals surface area (Å²) < 4.78 is 0. The second-order valence-corrected chi connectivity index (χ2v) is 6.03. The first-order valence-electron chi connectivity index (χ1n) is 8.41. The summed E-state index contributed by atoms with van der Waals surface area (Å²) in [5.41, 5.74) is 4.39. The number of guanidine groups is 2. The zero-order valence-electron chi connectivity index (χ0n) is 14.1. The Balaban J connectivity index is 1.70. The van der Waals surface area contributed by atoms with Crippen molar-refractivity contribution in [2.75, 3.05) is 0 Å². The average molecular weight is 348 g/mol. The highest BCUT2D eigenvalue weighted by molar-refractivity contribution is 6.25. The summed E-state index contributed by atoms with van der Waals surface area (Å²) in [5.74, 6) is 0.853. The van der Waals surface area contributed by atoms with Gasteiger partial charge in [0, 0.05) is 11.1 Å². The van der Waals surface area contributed by atoms with Gasteiger partial charge in [-0.15, -0.1) is 0 Å². The van der Waals surface area contributed by atoms with Crippen molar-refractivity contribution in [3.63, 3.8) is 0 Å². The monoisotopic (exact) mass is 348 g/mol. The number of hydrogen-bond acceptors (Lipinski definition) is 6. The van der Waals surface area contributed by atoms with Crippen LogP contribution in [0.4, 0.5) is 0 Å². The highest BCUT2D eigenvalue weighted by atomic mass is 15.4. The van der Waals surface area contributed by atoms with Crippen molar-refractivity contribution in [1.29, 1.82) is 5.26 Å². The SMILES string of the molecule is N#CC1=NC2=NC(c3ccccc3)=CC3=CC(c4ccccc4)=NC(=N1)N32. The van der Waals surface area contributed by atoms with Crippen molar-refractivity contribution in [3.8, 4) is 6.07 Å². The lowest BCUT2D eigenvalue weighted by Crippen LogP contribution is -2.41. The van der Waals surface area contributed by atoms with Crippen LogP contribution in [0.5, 0.6) is 0 Å². The summed E-state index contributed by atoms with van der Waals surface area (Å²) in [5, 5.41) is 9.31. The Kier molecular flexibility index (Phi) is 3.37. The summed E-state index contributed by atoms with van der Waals surface area (Å²) >= 11 is 0. The standard InChI is InChI=1S/C21H12N6/c22-13-19-25-20-23-17(14-7-3-1-4-8-14)11-16-12-18(15-9-5-2-6-10-15)24-21(26-19)27(16)20/h1-12H. The summed E-state index contributed by atoms with van der Waals surface area (Å²) in [6, 6.07) is 21.8. The molecule has 0 saturated heterocycles. The molecule has 3 aliphatic rings. The maximum Gasteiger partial charge on any atom is 0.240 e. The van der Waals surface area contributed by atoms with Gasteiger partial charge < -0.3 is 0 Å². The van der Waals surface area contributed by atoms with Crippen molar-refractivity contribution in [1.82, 2.24) is 4.90 Å². The van der Waals surface area contributed by atoms with Gasteiger partial charge in [0.05, 0.1) is 17.1 Å².